The fourth-order valence-electron chi connectivity index (χ4n) is 1.33. The first-order valence-corrected chi connectivity index (χ1v) is 8.25. The summed E-state index contributed by atoms with van der Waals surface area (Å²) in [6.45, 7) is 0. The molecule has 0 spiro atoms. The van der Waals surface area contributed by atoms with E-state index in [9.17, 15) is 9.59 Å². The molecule has 0 aliphatic rings. The minimum atomic E-state index is -0.414. The van der Waals surface area contributed by atoms with Crippen LogP contribution < -0.4 is 16.2 Å². The summed E-state index contributed by atoms with van der Waals surface area (Å²) in [6, 6.07) is 6.34. The molecular formula is C12H12ClN5O2S2. The van der Waals surface area contributed by atoms with E-state index in [4.69, 9.17) is 11.6 Å². The molecule has 0 atom stereocenters. The molecular weight excluding hydrogens is 346 g/mol. The molecule has 1 aromatic carbocycles. The number of nitrogens with zero attached hydrogens (tertiary/aromatic N) is 2. The van der Waals surface area contributed by atoms with Crippen molar-refractivity contribution in [1.29, 1.82) is 0 Å². The average Bonchev–Trinajstić information content (AvgIpc) is 2.99. The zero-order chi connectivity index (χ0) is 15.9. The monoisotopic (exact) mass is 357 g/mol. The highest BCUT2D eigenvalue weighted by Crippen LogP contribution is 2.24. The van der Waals surface area contributed by atoms with Gasteiger partial charge in [-0.05, 0) is 24.3 Å². The lowest BCUT2D eigenvalue weighted by atomic mass is 10.2. The third kappa shape index (κ3) is 4.86. The number of anilines is 1. The largest absolute Gasteiger partial charge is 0.363 e. The van der Waals surface area contributed by atoms with E-state index in [1.165, 1.54) is 23.1 Å². The molecule has 3 N–H and O–H groups in total. The molecule has 2 rings (SSSR count). The van der Waals surface area contributed by atoms with Crippen molar-refractivity contribution in [2.45, 2.75) is 4.34 Å². The fraction of sp³-hybridized carbons (Fsp3) is 0.167. The van der Waals surface area contributed by atoms with Gasteiger partial charge in [-0.3, -0.25) is 20.4 Å². The lowest BCUT2D eigenvalue weighted by Crippen LogP contribution is -2.42. The van der Waals surface area contributed by atoms with Crippen molar-refractivity contribution < 1.29 is 9.59 Å². The summed E-state index contributed by atoms with van der Waals surface area (Å²) in [5.74, 6) is -0.629. The minimum absolute atomic E-state index is 0.124. The first kappa shape index (κ1) is 16.5. The van der Waals surface area contributed by atoms with Gasteiger partial charge in [-0.25, -0.2) is 0 Å². The molecule has 0 saturated carbocycles. The van der Waals surface area contributed by atoms with Crippen LogP contribution in [-0.4, -0.2) is 34.8 Å². The number of carbonyl (C=O) groups is 2. The van der Waals surface area contributed by atoms with Crippen LogP contribution in [0, 0.1) is 0 Å². The SMILES string of the molecule is CNc1nnc(SCC(=O)NNC(=O)c2ccc(Cl)cc2)s1. The highest BCUT2D eigenvalue weighted by Gasteiger charge is 2.09. The second kappa shape index (κ2) is 7.97. The molecule has 1 heterocycles. The van der Waals surface area contributed by atoms with Gasteiger partial charge < -0.3 is 5.32 Å². The number of hydrazine groups is 1. The summed E-state index contributed by atoms with van der Waals surface area (Å²) >= 11 is 8.32. The van der Waals surface area contributed by atoms with Gasteiger partial charge >= 0.3 is 0 Å². The number of nitrogens with one attached hydrogen (secondary N) is 3. The van der Waals surface area contributed by atoms with Crippen molar-refractivity contribution in [1.82, 2.24) is 21.0 Å². The van der Waals surface area contributed by atoms with Gasteiger partial charge in [-0.1, -0.05) is 34.7 Å². The number of rotatable bonds is 5. The Bertz CT molecular complexity index is 662. The van der Waals surface area contributed by atoms with Crippen LogP contribution in [-0.2, 0) is 4.79 Å². The molecule has 0 saturated heterocycles. The molecule has 2 amide bonds. The summed E-state index contributed by atoms with van der Waals surface area (Å²) in [5.41, 5.74) is 5.07. The number of hydrogen-bond acceptors (Lipinski definition) is 7. The van der Waals surface area contributed by atoms with Gasteiger partial charge in [0.25, 0.3) is 5.91 Å². The third-order valence-corrected chi connectivity index (χ3v) is 4.69. The van der Waals surface area contributed by atoms with Crippen LogP contribution in [0.1, 0.15) is 10.4 Å². The quantitative estimate of drug-likeness (QED) is 0.557. The number of hydrogen-bond donors (Lipinski definition) is 3. The molecule has 116 valence electrons. The van der Waals surface area contributed by atoms with Crippen LogP contribution in [0.3, 0.4) is 0 Å². The van der Waals surface area contributed by atoms with Gasteiger partial charge in [0.15, 0.2) is 4.34 Å². The number of carbonyl (C=O) groups excluding carboxylic acids is 2. The van der Waals surface area contributed by atoms with Crippen molar-refractivity contribution in [3.8, 4) is 0 Å². The van der Waals surface area contributed by atoms with E-state index in [1.807, 2.05) is 0 Å². The first-order valence-electron chi connectivity index (χ1n) is 6.07. The highest BCUT2D eigenvalue weighted by molar-refractivity contribution is 8.01. The van der Waals surface area contributed by atoms with E-state index in [2.05, 4.69) is 26.4 Å². The predicted octanol–water partition coefficient (Wildman–Crippen LogP) is 1.79. The Morgan fingerprint density at radius 3 is 2.59 bits per heavy atom. The lowest BCUT2D eigenvalue weighted by Gasteiger charge is -2.06. The van der Waals surface area contributed by atoms with Gasteiger partial charge in [0.2, 0.25) is 11.0 Å². The average molecular weight is 358 g/mol. The zero-order valence-corrected chi connectivity index (χ0v) is 13.8. The smallest absolute Gasteiger partial charge is 0.269 e. The van der Waals surface area contributed by atoms with E-state index in [1.54, 1.807) is 31.3 Å². The molecule has 0 aliphatic heterocycles. The molecule has 10 heteroatoms. The Morgan fingerprint density at radius 1 is 1.23 bits per heavy atom. The van der Waals surface area contributed by atoms with E-state index >= 15 is 0 Å². The minimum Gasteiger partial charge on any atom is -0.363 e. The number of thioether (sulfide) groups is 1. The van der Waals surface area contributed by atoms with Crippen LogP contribution >= 0.6 is 34.7 Å². The topological polar surface area (TPSA) is 96.0 Å². The van der Waals surface area contributed by atoms with Crippen LogP contribution in [0.4, 0.5) is 5.13 Å². The lowest BCUT2D eigenvalue weighted by molar-refractivity contribution is -0.119. The van der Waals surface area contributed by atoms with Gasteiger partial charge in [0.05, 0.1) is 5.75 Å². The highest BCUT2D eigenvalue weighted by atomic mass is 35.5. The summed E-state index contributed by atoms with van der Waals surface area (Å²) in [6.07, 6.45) is 0. The Labute approximate surface area is 139 Å². The normalized spacial score (nSPS) is 10.1. The van der Waals surface area contributed by atoms with E-state index < -0.39 is 5.91 Å². The molecule has 0 bridgehead atoms. The maximum absolute atomic E-state index is 11.8. The number of halogens is 1. The Balaban J connectivity index is 1.75. The summed E-state index contributed by atoms with van der Waals surface area (Å²) in [7, 11) is 1.74. The van der Waals surface area contributed by atoms with Crippen LogP contribution in [0.5, 0.6) is 0 Å². The molecule has 1 aromatic heterocycles. The fourth-order valence-corrected chi connectivity index (χ4v) is 2.96. The first-order chi connectivity index (χ1) is 10.6. The zero-order valence-electron chi connectivity index (χ0n) is 11.4. The van der Waals surface area contributed by atoms with Crippen LogP contribution in [0.25, 0.3) is 0 Å². The molecule has 0 unspecified atom stereocenters. The van der Waals surface area contributed by atoms with E-state index in [0.717, 1.165) is 0 Å². The van der Waals surface area contributed by atoms with Crippen molar-refractivity contribution in [3.63, 3.8) is 0 Å². The van der Waals surface area contributed by atoms with Crippen LogP contribution in [0.2, 0.25) is 5.02 Å². The van der Waals surface area contributed by atoms with Gasteiger partial charge in [0, 0.05) is 17.6 Å². The molecule has 7 nitrogen and oxygen atoms in total. The molecule has 0 fully saturated rings. The summed E-state index contributed by atoms with van der Waals surface area (Å²) in [4.78, 5) is 23.4. The maximum atomic E-state index is 11.8. The Morgan fingerprint density at radius 2 is 1.95 bits per heavy atom. The van der Waals surface area contributed by atoms with Gasteiger partial charge in [0.1, 0.15) is 0 Å². The second-order valence-corrected chi connectivity index (χ2v) is 6.56. The van der Waals surface area contributed by atoms with Gasteiger partial charge in [-0.15, -0.1) is 10.2 Å². The second-order valence-electron chi connectivity index (χ2n) is 3.92. The van der Waals surface area contributed by atoms with E-state index in [0.29, 0.717) is 20.1 Å². The Kier molecular flexibility index (Phi) is 5.99. The van der Waals surface area contributed by atoms with Gasteiger partial charge in [-0.2, -0.15) is 0 Å². The molecule has 0 radical (unpaired) electrons. The number of amides is 2. The summed E-state index contributed by atoms with van der Waals surface area (Å²) < 4.78 is 0.670. The van der Waals surface area contributed by atoms with Crippen molar-refractivity contribution >= 4 is 51.6 Å². The number of benzene rings is 1. The van der Waals surface area contributed by atoms with E-state index in [-0.39, 0.29) is 11.7 Å². The molecule has 22 heavy (non-hydrogen) atoms. The van der Waals surface area contributed by atoms with Crippen molar-refractivity contribution in [2.75, 3.05) is 18.1 Å². The van der Waals surface area contributed by atoms with Crippen LogP contribution in [0.15, 0.2) is 28.6 Å². The van der Waals surface area contributed by atoms with Crippen molar-refractivity contribution in [2.24, 2.45) is 0 Å². The number of aromatic nitrogens is 2. The molecule has 2 aromatic rings. The predicted molar refractivity (Wildman–Crippen MR) is 87.2 cm³/mol. The standard InChI is InChI=1S/C12H12ClN5O2S2/c1-14-11-17-18-12(22-11)21-6-9(19)15-16-10(20)7-2-4-8(13)5-3-7/h2-5H,6H2,1H3,(H,14,17)(H,15,19)(H,16,20). The summed E-state index contributed by atoms with van der Waals surface area (Å²) in [5, 5.41) is 11.8. The van der Waals surface area contributed by atoms with Crippen molar-refractivity contribution in [3.05, 3.63) is 34.9 Å². The molecule has 0 aliphatic carbocycles. The maximum Gasteiger partial charge on any atom is 0.269 e. The Hall–Kier alpha value is -1.84. The third-order valence-electron chi connectivity index (χ3n) is 2.37.